The predicted octanol–water partition coefficient (Wildman–Crippen LogP) is 1.41. The molecule has 0 aromatic heterocycles. The summed E-state index contributed by atoms with van der Waals surface area (Å²) in [6, 6.07) is 0. The van der Waals surface area contributed by atoms with Gasteiger partial charge in [0.1, 0.15) is 0 Å². The van der Waals surface area contributed by atoms with Crippen LogP contribution in [0, 0.1) is 5.92 Å². The molecule has 2 aliphatic rings. The van der Waals surface area contributed by atoms with Gasteiger partial charge in [-0.2, -0.15) is 0 Å². The topological polar surface area (TPSA) is 52.6 Å². The van der Waals surface area contributed by atoms with Crippen LogP contribution in [0.1, 0.15) is 25.7 Å². The minimum absolute atomic E-state index is 0.198. The van der Waals surface area contributed by atoms with Crippen LogP contribution >= 0.6 is 0 Å². The molecule has 0 aromatic carbocycles. The molecule has 0 saturated heterocycles. The summed E-state index contributed by atoms with van der Waals surface area (Å²) in [5.74, 6) is 1.08. The fourth-order valence-corrected chi connectivity index (χ4v) is 1.78. The van der Waals surface area contributed by atoms with E-state index in [0.717, 1.165) is 5.92 Å². The lowest BCUT2D eigenvalue weighted by Gasteiger charge is -1.98. The second kappa shape index (κ2) is 6.18. The molecule has 0 amide bonds. The largest absolute Gasteiger partial charge is 0.430 e. The Balaban J connectivity index is 0.000000140. The molecule has 2 rings (SSSR count). The maximum absolute atomic E-state index is 9.26. The van der Waals surface area contributed by atoms with Crippen molar-refractivity contribution < 1.29 is 19.1 Å². The second-order valence-electron chi connectivity index (χ2n) is 3.35. The van der Waals surface area contributed by atoms with E-state index in [1.807, 2.05) is 0 Å². The van der Waals surface area contributed by atoms with E-state index in [0.29, 0.717) is 0 Å². The summed E-state index contributed by atoms with van der Waals surface area (Å²) in [4.78, 5) is 18.5. The molecular formula is C10H14O4. The third-order valence-electron chi connectivity index (χ3n) is 2.44. The lowest BCUT2D eigenvalue weighted by Crippen LogP contribution is -1.94. The number of rotatable bonds is 4. The van der Waals surface area contributed by atoms with Crippen molar-refractivity contribution in [1.29, 1.82) is 0 Å². The molecule has 1 atom stereocenters. The van der Waals surface area contributed by atoms with Gasteiger partial charge in [-0.05, 0) is 31.6 Å². The van der Waals surface area contributed by atoms with Crippen molar-refractivity contribution in [2.45, 2.75) is 25.7 Å². The number of hydrogen-bond acceptors (Lipinski definition) is 4. The van der Waals surface area contributed by atoms with Crippen LogP contribution in [-0.2, 0) is 19.1 Å². The molecule has 1 unspecified atom stereocenters. The van der Waals surface area contributed by atoms with Crippen LogP contribution in [0.3, 0.4) is 0 Å². The Hall–Kier alpha value is -1.32. The first kappa shape index (κ1) is 10.8. The summed E-state index contributed by atoms with van der Waals surface area (Å²) in [6.07, 6.45) is 8.18. The van der Waals surface area contributed by atoms with Gasteiger partial charge in [0.25, 0.3) is 12.9 Å². The smallest absolute Gasteiger partial charge is 0.295 e. The van der Waals surface area contributed by atoms with Crippen LogP contribution in [0.25, 0.3) is 0 Å². The maximum atomic E-state index is 9.26. The highest BCUT2D eigenvalue weighted by molar-refractivity contribution is 5.39. The summed E-state index contributed by atoms with van der Waals surface area (Å²) in [5.41, 5.74) is 1.74. The lowest BCUT2D eigenvalue weighted by molar-refractivity contribution is -0.149. The van der Waals surface area contributed by atoms with Crippen molar-refractivity contribution in [3.05, 3.63) is 11.6 Å². The Labute approximate surface area is 82.9 Å². The Morgan fingerprint density at radius 3 is 2.29 bits per heavy atom. The fraction of sp³-hybridized carbons (Fsp3) is 0.600. The Morgan fingerprint density at radius 1 is 1.36 bits per heavy atom. The Kier molecular flexibility index (Phi) is 4.75. The summed E-state index contributed by atoms with van der Waals surface area (Å²) in [5, 5.41) is 0. The zero-order chi connectivity index (χ0) is 10.2. The average Bonchev–Trinajstić information content (AvgIpc) is 2.83. The molecule has 0 spiro atoms. The van der Waals surface area contributed by atoms with Crippen LogP contribution in [-0.4, -0.2) is 19.7 Å². The molecule has 4 nitrogen and oxygen atoms in total. The minimum atomic E-state index is -0.299. The van der Waals surface area contributed by atoms with E-state index >= 15 is 0 Å². The van der Waals surface area contributed by atoms with Crippen molar-refractivity contribution in [3.8, 4) is 0 Å². The number of ether oxygens (including phenoxy) is 2. The second-order valence-corrected chi connectivity index (χ2v) is 3.35. The molecule has 1 fully saturated rings. The number of carbonyl (C=O) groups is 2. The number of carbonyl (C=O) groups excluding carboxylic acids is 2. The van der Waals surface area contributed by atoms with E-state index in [9.17, 15) is 9.59 Å². The third-order valence-corrected chi connectivity index (χ3v) is 2.44. The SMILES string of the molecule is C1=C2CCC(C1)C2.O=COCOC=O. The summed E-state index contributed by atoms with van der Waals surface area (Å²) in [6.45, 7) is 0.0972. The van der Waals surface area contributed by atoms with Crippen LogP contribution in [0.4, 0.5) is 0 Å². The first-order valence-corrected chi connectivity index (χ1v) is 4.65. The number of allylic oxidation sites excluding steroid dienone is 2. The first-order valence-electron chi connectivity index (χ1n) is 4.65. The van der Waals surface area contributed by atoms with Crippen molar-refractivity contribution in [2.75, 3.05) is 6.79 Å². The molecule has 14 heavy (non-hydrogen) atoms. The first-order chi connectivity index (χ1) is 6.86. The van der Waals surface area contributed by atoms with Crippen molar-refractivity contribution in [2.24, 2.45) is 5.92 Å². The third kappa shape index (κ3) is 3.60. The number of fused-ring (bicyclic) bond motifs is 2. The molecule has 0 aromatic rings. The lowest BCUT2D eigenvalue weighted by atomic mass is 10.1. The summed E-state index contributed by atoms with van der Waals surface area (Å²) < 4.78 is 7.88. The molecule has 4 heteroatoms. The van der Waals surface area contributed by atoms with Crippen LogP contribution in [0.2, 0.25) is 0 Å². The zero-order valence-electron chi connectivity index (χ0n) is 7.98. The highest BCUT2D eigenvalue weighted by Gasteiger charge is 2.22. The van der Waals surface area contributed by atoms with E-state index < -0.39 is 0 Å². The van der Waals surface area contributed by atoms with Crippen molar-refractivity contribution in [3.63, 3.8) is 0 Å². The van der Waals surface area contributed by atoms with E-state index in [1.165, 1.54) is 25.7 Å². The minimum Gasteiger partial charge on any atom is -0.430 e. The highest BCUT2D eigenvalue weighted by Crippen LogP contribution is 2.38. The van der Waals surface area contributed by atoms with E-state index in [1.54, 1.807) is 5.57 Å². The van der Waals surface area contributed by atoms with E-state index in [4.69, 9.17) is 0 Å². The Morgan fingerprint density at radius 2 is 2.07 bits per heavy atom. The van der Waals surface area contributed by atoms with Gasteiger partial charge in [0.05, 0.1) is 0 Å². The molecule has 2 bridgehead atoms. The molecule has 2 aliphatic carbocycles. The maximum Gasteiger partial charge on any atom is 0.295 e. The van der Waals surface area contributed by atoms with Gasteiger partial charge in [0.2, 0.25) is 6.79 Å². The van der Waals surface area contributed by atoms with E-state index in [2.05, 4.69) is 15.5 Å². The van der Waals surface area contributed by atoms with Gasteiger partial charge < -0.3 is 9.47 Å². The molecule has 0 N–H and O–H groups in total. The fourth-order valence-electron chi connectivity index (χ4n) is 1.78. The molecule has 1 saturated carbocycles. The van der Waals surface area contributed by atoms with Gasteiger partial charge in [-0.15, -0.1) is 0 Å². The normalized spacial score (nSPS) is 21.7. The van der Waals surface area contributed by atoms with Crippen LogP contribution < -0.4 is 0 Å². The molecule has 0 aliphatic heterocycles. The monoisotopic (exact) mass is 198 g/mol. The zero-order valence-corrected chi connectivity index (χ0v) is 7.98. The highest BCUT2D eigenvalue weighted by atomic mass is 16.7. The predicted molar refractivity (Wildman–Crippen MR) is 49.2 cm³/mol. The standard InChI is InChI=1S/C7H10.C3H4O4/c1-2-7-4-3-6(1)5-7;4-1-6-3-7-2-5/h1,7H,2-5H2;1-2H,3H2. The van der Waals surface area contributed by atoms with Gasteiger partial charge in [-0.3, -0.25) is 9.59 Å². The quantitative estimate of drug-likeness (QED) is 0.296. The molecule has 78 valence electrons. The van der Waals surface area contributed by atoms with Gasteiger partial charge in [0, 0.05) is 0 Å². The van der Waals surface area contributed by atoms with Crippen molar-refractivity contribution >= 4 is 12.9 Å². The van der Waals surface area contributed by atoms with Gasteiger partial charge in [0.15, 0.2) is 0 Å². The van der Waals surface area contributed by atoms with Gasteiger partial charge >= 0.3 is 0 Å². The van der Waals surface area contributed by atoms with Crippen LogP contribution in [0.15, 0.2) is 11.6 Å². The van der Waals surface area contributed by atoms with Crippen molar-refractivity contribution in [1.82, 2.24) is 0 Å². The Bertz CT molecular complexity index is 214. The van der Waals surface area contributed by atoms with Gasteiger partial charge in [-0.25, -0.2) is 0 Å². The van der Waals surface area contributed by atoms with E-state index in [-0.39, 0.29) is 19.7 Å². The molecule has 0 radical (unpaired) electrons. The average molecular weight is 198 g/mol. The summed E-state index contributed by atoms with van der Waals surface area (Å²) >= 11 is 0. The summed E-state index contributed by atoms with van der Waals surface area (Å²) in [7, 11) is 0. The van der Waals surface area contributed by atoms with Gasteiger partial charge in [-0.1, -0.05) is 11.6 Å². The van der Waals surface area contributed by atoms with Crippen LogP contribution in [0.5, 0.6) is 0 Å². The molecular weight excluding hydrogens is 184 g/mol. The molecule has 0 heterocycles. The number of hydrogen-bond donors (Lipinski definition) is 0.